The van der Waals surface area contributed by atoms with E-state index in [1.165, 1.54) is 27.1 Å². The number of aryl methyl sites for hydroxylation is 1. The lowest BCUT2D eigenvalue weighted by Crippen LogP contribution is -2.44. The van der Waals surface area contributed by atoms with Crippen molar-refractivity contribution < 1.29 is 9.53 Å². The molecule has 2 aliphatic rings. The largest absolute Gasteiger partial charge is 0.496 e. The van der Waals surface area contributed by atoms with Gasteiger partial charge in [0.05, 0.1) is 12.8 Å². The van der Waals surface area contributed by atoms with Gasteiger partial charge in [0.25, 0.3) is 5.91 Å². The molecule has 35 heavy (non-hydrogen) atoms. The third-order valence-corrected chi connectivity index (χ3v) is 8.68. The van der Waals surface area contributed by atoms with Gasteiger partial charge in [-0.15, -0.1) is 11.3 Å². The second-order valence-electron chi connectivity index (χ2n) is 10.1. The molecule has 5 nitrogen and oxygen atoms in total. The number of aromatic nitrogens is 2. The summed E-state index contributed by atoms with van der Waals surface area (Å²) in [5.41, 5.74) is 8.73. The van der Waals surface area contributed by atoms with Crippen LogP contribution in [0.25, 0.3) is 32.8 Å². The summed E-state index contributed by atoms with van der Waals surface area (Å²) in [6, 6.07) is 12.7. The minimum Gasteiger partial charge on any atom is -0.496 e. The molecule has 1 amide bonds. The van der Waals surface area contributed by atoms with Gasteiger partial charge in [-0.1, -0.05) is 12.1 Å². The zero-order valence-electron chi connectivity index (χ0n) is 20.6. The van der Waals surface area contributed by atoms with Crippen molar-refractivity contribution in [2.75, 3.05) is 14.2 Å². The molecule has 178 valence electrons. The number of rotatable bonds is 3. The van der Waals surface area contributed by atoms with Crippen molar-refractivity contribution in [2.24, 2.45) is 0 Å². The molecule has 0 unspecified atom stereocenters. The highest BCUT2D eigenvalue weighted by atomic mass is 32.1. The topological polar surface area (TPSA) is 47.4 Å². The summed E-state index contributed by atoms with van der Waals surface area (Å²) in [6.45, 7) is 5.12. The Morgan fingerprint density at radius 1 is 1.09 bits per heavy atom. The second kappa shape index (κ2) is 8.09. The molecule has 6 heteroatoms. The monoisotopic (exact) mass is 483 g/mol. The van der Waals surface area contributed by atoms with Gasteiger partial charge in [0.15, 0.2) is 0 Å². The minimum atomic E-state index is -0.184. The molecule has 5 heterocycles. The molecule has 1 aromatic carbocycles. The SMILES string of the molecule is COc1cc2c(cc1-c1cccnc1)-c1c(-c3cccs3)c3c(n1CC2)C(=O)N(C)C(C)(C)CC3. The van der Waals surface area contributed by atoms with Gasteiger partial charge in [0, 0.05) is 58.7 Å². The number of hydrogen-bond acceptors (Lipinski definition) is 4. The van der Waals surface area contributed by atoms with Crippen molar-refractivity contribution in [3.05, 3.63) is 71.0 Å². The van der Waals surface area contributed by atoms with Crippen LogP contribution in [-0.4, -0.2) is 40.1 Å². The van der Waals surface area contributed by atoms with Crippen LogP contribution in [0.2, 0.25) is 0 Å². The lowest BCUT2D eigenvalue weighted by atomic mass is 9.89. The molecule has 0 saturated heterocycles. The van der Waals surface area contributed by atoms with Crippen LogP contribution in [0.4, 0.5) is 0 Å². The molecular formula is C29H29N3O2S. The first-order valence-corrected chi connectivity index (χ1v) is 13.0. The fourth-order valence-corrected chi connectivity index (χ4v) is 6.38. The van der Waals surface area contributed by atoms with E-state index in [2.05, 4.69) is 59.1 Å². The Labute approximate surface area is 210 Å². The lowest BCUT2D eigenvalue weighted by molar-refractivity contribution is 0.0618. The average Bonchev–Trinajstić information content (AvgIpc) is 3.50. The van der Waals surface area contributed by atoms with Gasteiger partial charge in [-0.05, 0) is 73.9 Å². The van der Waals surface area contributed by atoms with E-state index in [0.717, 1.165) is 54.1 Å². The molecule has 0 aliphatic carbocycles. The molecule has 0 N–H and O–H groups in total. The van der Waals surface area contributed by atoms with Crippen LogP contribution in [0.3, 0.4) is 0 Å². The molecule has 2 aliphatic heterocycles. The number of carbonyl (C=O) groups excluding carboxylic acids is 1. The summed E-state index contributed by atoms with van der Waals surface area (Å²) in [5, 5.41) is 2.12. The van der Waals surface area contributed by atoms with Crippen LogP contribution in [0.5, 0.6) is 5.75 Å². The van der Waals surface area contributed by atoms with Crippen molar-refractivity contribution in [1.29, 1.82) is 0 Å². The minimum absolute atomic E-state index is 0.121. The van der Waals surface area contributed by atoms with Crippen molar-refractivity contribution >= 4 is 17.2 Å². The quantitative estimate of drug-likeness (QED) is 0.343. The van der Waals surface area contributed by atoms with Crippen LogP contribution in [-0.2, 0) is 19.4 Å². The van der Waals surface area contributed by atoms with E-state index < -0.39 is 0 Å². The first-order valence-electron chi connectivity index (χ1n) is 12.1. The Morgan fingerprint density at radius 2 is 1.94 bits per heavy atom. The van der Waals surface area contributed by atoms with E-state index in [0.29, 0.717) is 0 Å². The highest BCUT2D eigenvalue weighted by Gasteiger charge is 2.39. The number of carbonyl (C=O) groups is 1. The zero-order chi connectivity index (χ0) is 24.3. The molecule has 0 spiro atoms. The first kappa shape index (κ1) is 22.1. The van der Waals surface area contributed by atoms with Crippen molar-refractivity contribution in [1.82, 2.24) is 14.5 Å². The van der Waals surface area contributed by atoms with Gasteiger partial charge in [0.2, 0.25) is 0 Å². The van der Waals surface area contributed by atoms with Crippen LogP contribution in [0.1, 0.15) is 41.9 Å². The third-order valence-electron chi connectivity index (χ3n) is 7.79. The predicted octanol–water partition coefficient (Wildman–Crippen LogP) is 6.31. The van der Waals surface area contributed by atoms with E-state index in [-0.39, 0.29) is 11.4 Å². The van der Waals surface area contributed by atoms with Crippen LogP contribution < -0.4 is 4.74 Å². The Morgan fingerprint density at radius 3 is 2.66 bits per heavy atom. The Hall–Kier alpha value is -3.38. The smallest absolute Gasteiger partial charge is 0.270 e. The average molecular weight is 484 g/mol. The molecule has 0 fully saturated rings. The van der Waals surface area contributed by atoms with Gasteiger partial charge in [-0.2, -0.15) is 0 Å². The maximum atomic E-state index is 13.9. The molecule has 0 radical (unpaired) electrons. The molecular weight excluding hydrogens is 454 g/mol. The van der Waals surface area contributed by atoms with E-state index in [1.54, 1.807) is 24.6 Å². The van der Waals surface area contributed by atoms with E-state index >= 15 is 0 Å². The molecule has 0 atom stereocenters. The fourth-order valence-electron chi connectivity index (χ4n) is 5.58. The number of amides is 1. The zero-order valence-corrected chi connectivity index (χ0v) is 21.4. The van der Waals surface area contributed by atoms with Gasteiger partial charge < -0.3 is 14.2 Å². The Kier molecular flexibility index (Phi) is 5.11. The van der Waals surface area contributed by atoms with Crippen LogP contribution in [0, 0.1) is 0 Å². The van der Waals surface area contributed by atoms with E-state index in [9.17, 15) is 4.79 Å². The van der Waals surface area contributed by atoms with E-state index in [4.69, 9.17) is 4.74 Å². The maximum Gasteiger partial charge on any atom is 0.270 e. The number of ether oxygens (including phenoxy) is 1. The number of fused-ring (bicyclic) bond motifs is 5. The normalized spacial score (nSPS) is 16.3. The summed E-state index contributed by atoms with van der Waals surface area (Å²) in [4.78, 5) is 21.4. The highest BCUT2D eigenvalue weighted by molar-refractivity contribution is 7.13. The Balaban J connectivity index is 1.66. The molecule has 0 bridgehead atoms. The third kappa shape index (κ3) is 3.34. The summed E-state index contributed by atoms with van der Waals surface area (Å²) >= 11 is 1.74. The lowest BCUT2D eigenvalue weighted by Gasteiger charge is -2.34. The second-order valence-corrected chi connectivity index (χ2v) is 11.0. The van der Waals surface area contributed by atoms with Gasteiger partial charge in [-0.25, -0.2) is 0 Å². The molecule has 0 saturated carbocycles. The van der Waals surface area contributed by atoms with Crippen LogP contribution >= 0.6 is 11.3 Å². The van der Waals surface area contributed by atoms with Crippen molar-refractivity contribution in [3.8, 4) is 38.6 Å². The van der Waals surface area contributed by atoms with E-state index in [1.807, 2.05) is 24.2 Å². The fraction of sp³-hybridized carbons (Fsp3) is 0.310. The summed E-state index contributed by atoms with van der Waals surface area (Å²) < 4.78 is 8.11. The van der Waals surface area contributed by atoms with Crippen LogP contribution in [0.15, 0.2) is 54.2 Å². The summed E-state index contributed by atoms with van der Waals surface area (Å²) in [7, 11) is 3.67. The van der Waals surface area contributed by atoms with Crippen molar-refractivity contribution in [2.45, 2.75) is 45.2 Å². The Bertz CT molecular complexity index is 1430. The number of nitrogens with zero attached hydrogens (tertiary/aromatic N) is 3. The summed E-state index contributed by atoms with van der Waals surface area (Å²) in [6.07, 6.45) is 6.33. The summed E-state index contributed by atoms with van der Waals surface area (Å²) in [5.74, 6) is 0.976. The van der Waals surface area contributed by atoms with Gasteiger partial charge >= 0.3 is 0 Å². The number of thiophene rings is 1. The molecule has 3 aromatic heterocycles. The number of pyridine rings is 1. The highest BCUT2D eigenvalue weighted by Crippen LogP contribution is 2.49. The standard InChI is InChI=1S/C29H29N3O2S/c1-29(2)11-9-20-25(24-8-6-14-35-24)26-22-16-21(19-7-5-12-30-17-19)23(34-4)15-18(22)10-13-32(26)27(20)28(33)31(29)3/h5-8,12,14-17H,9-11,13H2,1-4H3. The maximum absolute atomic E-state index is 13.9. The molecule has 4 aromatic rings. The first-order chi connectivity index (χ1) is 16.9. The number of benzene rings is 1. The predicted molar refractivity (Wildman–Crippen MR) is 141 cm³/mol. The molecule has 6 rings (SSSR count). The van der Waals surface area contributed by atoms with Crippen molar-refractivity contribution in [3.63, 3.8) is 0 Å². The van der Waals surface area contributed by atoms with Gasteiger partial charge in [-0.3, -0.25) is 9.78 Å². The van der Waals surface area contributed by atoms with Gasteiger partial charge in [0.1, 0.15) is 11.4 Å². The number of hydrogen-bond donors (Lipinski definition) is 0. The number of methoxy groups -OCH3 is 1.